The van der Waals surface area contributed by atoms with E-state index in [1.165, 1.54) is 32.0 Å². The second kappa shape index (κ2) is 4.73. The van der Waals surface area contributed by atoms with Crippen molar-refractivity contribution in [2.75, 3.05) is 0 Å². The van der Waals surface area contributed by atoms with Gasteiger partial charge in [-0.15, -0.1) is 0 Å². The minimum absolute atomic E-state index is 0.0671. The number of benzene rings is 1. The number of rotatable bonds is 3. The molecule has 0 saturated heterocycles. The van der Waals surface area contributed by atoms with Crippen molar-refractivity contribution in [3.63, 3.8) is 0 Å². The van der Waals surface area contributed by atoms with Gasteiger partial charge in [-0.25, -0.2) is 8.42 Å². The maximum absolute atomic E-state index is 12.0. The van der Waals surface area contributed by atoms with Gasteiger partial charge in [0, 0.05) is 5.02 Å². The van der Waals surface area contributed by atoms with Gasteiger partial charge >= 0.3 is 0 Å². The van der Waals surface area contributed by atoms with Crippen molar-refractivity contribution in [3.05, 3.63) is 28.2 Å². The van der Waals surface area contributed by atoms with Crippen molar-refractivity contribution < 1.29 is 13.2 Å². The van der Waals surface area contributed by atoms with Crippen molar-refractivity contribution in [1.82, 2.24) is 0 Å². The molecule has 6 heteroatoms. The van der Waals surface area contributed by atoms with Crippen LogP contribution in [-0.4, -0.2) is 19.5 Å². The molecule has 3 nitrogen and oxygen atoms in total. The lowest BCUT2D eigenvalue weighted by molar-refractivity contribution is -0.116. The van der Waals surface area contributed by atoms with Crippen LogP contribution >= 0.6 is 23.2 Å². The molecule has 0 fully saturated rings. The van der Waals surface area contributed by atoms with Crippen LogP contribution in [0.1, 0.15) is 13.8 Å². The lowest BCUT2D eigenvalue weighted by atomic mass is 10.3. The predicted molar refractivity (Wildman–Crippen MR) is 63.8 cm³/mol. The molecular formula is C10H10Cl2O3S. The summed E-state index contributed by atoms with van der Waals surface area (Å²) in [5.41, 5.74) is 0. The Hall–Kier alpha value is -0.580. The third kappa shape index (κ3) is 2.56. The summed E-state index contributed by atoms with van der Waals surface area (Å²) in [5.74, 6) is -0.434. The molecule has 0 aliphatic carbocycles. The molecule has 0 aliphatic rings. The van der Waals surface area contributed by atoms with E-state index in [0.29, 0.717) is 0 Å². The number of carbonyl (C=O) groups is 1. The molecular weight excluding hydrogens is 271 g/mol. The summed E-state index contributed by atoms with van der Waals surface area (Å²) >= 11 is 11.5. The summed E-state index contributed by atoms with van der Waals surface area (Å²) in [6, 6.07) is 4.13. The monoisotopic (exact) mass is 280 g/mol. The third-order valence-electron chi connectivity index (χ3n) is 2.24. The highest BCUT2D eigenvalue weighted by molar-refractivity contribution is 7.92. The van der Waals surface area contributed by atoms with Gasteiger partial charge in [-0.2, -0.15) is 0 Å². The Bertz CT molecular complexity index is 523. The van der Waals surface area contributed by atoms with Gasteiger partial charge in [0.1, 0.15) is 11.0 Å². The van der Waals surface area contributed by atoms with E-state index in [1.807, 2.05) is 0 Å². The second-order valence-corrected chi connectivity index (χ2v) is 6.45. The van der Waals surface area contributed by atoms with Crippen LogP contribution in [0.5, 0.6) is 0 Å². The first-order valence-electron chi connectivity index (χ1n) is 4.46. The average molecular weight is 281 g/mol. The maximum atomic E-state index is 12.0. The molecule has 0 aromatic heterocycles. The number of Topliss-reactive ketones (excluding diaryl/α,β-unsaturated/α-hetero) is 1. The van der Waals surface area contributed by atoms with Gasteiger partial charge in [0.2, 0.25) is 0 Å². The number of hydrogen-bond donors (Lipinski definition) is 0. The molecule has 0 amide bonds. The average Bonchev–Trinajstić information content (AvgIpc) is 2.20. The largest absolute Gasteiger partial charge is 0.299 e. The topological polar surface area (TPSA) is 51.2 Å². The van der Waals surface area contributed by atoms with Gasteiger partial charge in [0.15, 0.2) is 9.84 Å². The predicted octanol–water partition coefficient (Wildman–Crippen LogP) is 2.74. The minimum atomic E-state index is -3.76. The van der Waals surface area contributed by atoms with E-state index in [9.17, 15) is 13.2 Å². The molecule has 0 aliphatic heterocycles. The Labute approximate surface area is 104 Å². The molecule has 1 unspecified atom stereocenters. The van der Waals surface area contributed by atoms with Crippen LogP contribution < -0.4 is 0 Å². The van der Waals surface area contributed by atoms with E-state index in [-0.39, 0.29) is 14.9 Å². The second-order valence-electron chi connectivity index (χ2n) is 3.37. The number of ketones is 1. The summed E-state index contributed by atoms with van der Waals surface area (Å²) in [5, 5.41) is -0.792. The molecule has 0 spiro atoms. The number of sulfone groups is 1. The highest BCUT2D eigenvalue weighted by Crippen LogP contribution is 2.28. The summed E-state index contributed by atoms with van der Waals surface area (Å²) in [6.45, 7) is 2.55. The molecule has 16 heavy (non-hydrogen) atoms. The zero-order valence-corrected chi connectivity index (χ0v) is 11.0. The van der Waals surface area contributed by atoms with E-state index in [2.05, 4.69) is 0 Å². The van der Waals surface area contributed by atoms with Gasteiger partial charge < -0.3 is 0 Å². The highest BCUT2D eigenvalue weighted by atomic mass is 35.5. The Morgan fingerprint density at radius 1 is 1.31 bits per heavy atom. The summed E-state index contributed by atoms with van der Waals surface area (Å²) in [4.78, 5) is 11.0. The number of hydrogen-bond acceptors (Lipinski definition) is 3. The first-order chi connectivity index (χ1) is 7.26. The van der Waals surface area contributed by atoms with Crippen LogP contribution in [0.4, 0.5) is 0 Å². The Kier molecular flexibility index (Phi) is 3.99. The van der Waals surface area contributed by atoms with Crippen molar-refractivity contribution in [2.24, 2.45) is 0 Å². The zero-order valence-electron chi connectivity index (χ0n) is 8.70. The molecule has 1 rings (SSSR count). The van der Waals surface area contributed by atoms with Gasteiger partial charge in [-0.05, 0) is 32.0 Å². The van der Waals surface area contributed by atoms with E-state index in [1.54, 1.807) is 0 Å². The first kappa shape index (κ1) is 13.5. The third-order valence-corrected chi connectivity index (χ3v) is 5.13. The van der Waals surface area contributed by atoms with E-state index in [4.69, 9.17) is 23.2 Å². The van der Waals surface area contributed by atoms with E-state index in [0.717, 1.165) is 0 Å². The minimum Gasteiger partial charge on any atom is -0.299 e. The number of carbonyl (C=O) groups excluding carboxylic acids is 1. The molecule has 1 atom stereocenters. The lowest BCUT2D eigenvalue weighted by Crippen LogP contribution is -2.25. The smallest absolute Gasteiger partial charge is 0.189 e. The van der Waals surface area contributed by atoms with Crippen molar-refractivity contribution >= 4 is 38.8 Å². The Balaban J connectivity index is 3.38. The van der Waals surface area contributed by atoms with Gasteiger partial charge in [-0.3, -0.25) is 4.79 Å². The van der Waals surface area contributed by atoms with Crippen LogP contribution in [0, 0.1) is 0 Å². The van der Waals surface area contributed by atoms with Crippen LogP contribution in [-0.2, 0) is 14.6 Å². The summed E-state index contributed by atoms with van der Waals surface area (Å²) in [6.07, 6.45) is 0. The van der Waals surface area contributed by atoms with Gasteiger partial charge in [0.05, 0.1) is 9.92 Å². The molecule has 0 N–H and O–H groups in total. The fraction of sp³-hybridized carbons (Fsp3) is 0.300. The molecule has 0 heterocycles. The summed E-state index contributed by atoms with van der Waals surface area (Å²) < 4.78 is 24.0. The van der Waals surface area contributed by atoms with Crippen LogP contribution in [0.2, 0.25) is 10.0 Å². The van der Waals surface area contributed by atoms with E-state index >= 15 is 0 Å². The Morgan fingerprint density at radius 3 is 2.38 bits per heavy atom. The molecule has 0 saturated carbocycles. The van der Waals surface area contributed by atoms with Crippen molar-refractivity contribution in [1.29, 1.82) is 0 Å². The van der Waals surface area contributed by atoms with Crippen LogP contribution in [0.15, 0.2) is 23.1 Å². The van der Waals surface area contributed by atoms with Gasteiger partial charge in [-0.1, -0.05) is 23.2 Å². The fourth-order valence-electron chi connectivity index (χ4n) is 1.10. The number of halogens is 2. The fourth-order valence-corrected chi connectivity index (χ4v) is 3.23. The zero-order chi connectivity index (χ0) is 12.5. The highest BCUT2D eigenvalue weighted by Gasteiger charge is 2.29. The molecule has 0 radical (unpaired) electrons. The summed E-state index contributed by atoms with van der Waals surface area (Å²) in [7, 11) is -3.76. The van der Waals surface area contributed by atoms with Crippen LogP contribution in [0.25, 0.3) is 0 Å². The Morgan fingerprint density at radius 2 is 1.88 bits per heavy atom. The SMILES string of the molecule is CC(=O)C(C)S(=O)(=O)c1cc(Cl)ccc1Cl. The lowest BCUT2D eigenvalue weighted by Gasteiger charge is -2.11. The van der Waals surface area contributed by atoms with Crippen LogP contribution in [0.3, 0.4) is 0 Å². The molecule has 0 bridgehead atoms. The van der Waals surface area contributed by atoms with E-state index < -0.39 is 20.9 Å². The molecule has 1 aromatic carbocycles. The van der Waals surface area contributed by atoms with Gasteiger partial charge in [0.25, 0.3) is 0 Å². The van der Waals surface area contributed by atoms with Crippen molar-refractivity contribution in [2.45, 2.75) is 24.0 Å². The molecule has 88 valence electrons. The molecule has 1 aromatic rings. The maximum Gasteiger partial charge on any atom is 0.189 e. The van der Waals surface area contributed by atoms with Crippen molar-refractivity contribution in [3.8, 4) is 0 Å². The first-order valence-corrected chi connectivity index (χ1v) is 6.76. The quantitative estimate of drug-likeness (QED) is 0.856. The standard InChI is InChI=1S/C10H10Cl2O3S/c1-6(13)7(2)16(14,15)10-5-8(11)3-4-9(10)12/h3-5,7H,1-2H3. The normalized spacial score (nSPS) is 13.5.